The Morgan fingerprint density at radius 3 is 2.82 bits per heavy atom. The molecule has 2 heterocycles. The molecule has 1 aromatic rings. The van der Waals surface area contributed by atoms with Crippen LogP contribution in [0, 0.1) is 12.8 Å². The second-order valence-electron chi connectivity index (χ2n) is 6.51. The van der Waals surface area contributed by atoms with Gasteiger partial charge in [0, 0.05) is 24.7 Å². The van der Waals surface area contributed by atoms with E-state index in [9.17, 15) is 4.79 Å². The second kappa shape index (κ2) is 6.69. The molecule has 0 radical (unpaired) electrons. The highest BCUT2D eigenvalue weighted by atomic mass is 35.5. The lowest BCUT2D eigenvalue weighted by atomic mass is 10.1. The number of ether oxygens (including phenoxy) is 2. The summed E-state index contributed by atoms with van der Waals surface area (Å²) in [6.07, 6.45) is 0.601. The molecule has 0 N–H and O–H groups in total. The van der Waals surface area contributed by atoms with Gasteiger partial charge in [0.1, 0.15) is 10.8 Å². The number of carbonyl (C=O) groups excluding carboxylic acids is 1. The van der Waals surface area contributed by atoms with E-state index < -0.39 is 5.60 Å². The van der Waals surface area contributed by atoms with E-state index in [1.807, 2.05) is 27.7 Å². The number of halogens is 1. The van der Waals surface area contributed by atoms with Crippen molar-refractivity contribution in [1.29, 1.82) is 0 Å². The maximum atomic E-state index is 12.0. The zero-order chi connectivity index (χ0) is 16.3. The first kappa shape index (κ1) is 16.8. The van der Waals surface area contributed by atoms with Gasteiger partial charge in [0.15, 0.2) is 0 Å². The second-order valence-corrected chi connectivity index (χ2v) is 6.89. The van der Waals surface area contributed by atoms with Gasteiger partial charge in [-0.3, -0.25) is 0 Å². The number of rotatable bonds is 3. The van der Waals surface area contributed by atoms with Gasteiger partial charge in [0.25, 0.3) is 0 Å². The Labute approximate surface area is 135 Å². The van der Waals surface area contributed by atoms with Crippen molar-refractivity contribution in [3.63, 3.8) is 0 Å². The van der Waals surface area contributed by atoms with Crippen molar-refractivity contribution in [3.8, 4) is 6.01 Å². The topological polar surface area (TPSA) is 64.5 Å². The first-order valence-corrected chi connectivity index (χ1v) is 7.72. The molecule has 0 unspecified atom stereocenters. The lowest BCUT2D eigenvalue weighted by Gasteiger charge is -2.24. The Bertz CT molecular complexity index is 525. The maximum absolute atomic E-state index is 12.0. The van der Waals surface area contributed by atoms with E-state index in [2.05, 4.69) is 9.97 Å². The predicted molar refractivity (Wildman–Crippen MR) is 83.2 cm³/mol. The normalized spacial score (nSPS) is 18.4. The molecule has 0 aromatic carbocycles. The van der Waals surface area contributed by atoms with E-state index >= 15 is 0 Å². The third kappa shape index (κ3) is 5.02. The number of amides is 1. The molecule has 122 valence electrons. The highest BCUT2D eigenvalue weighted by Crippen LogP contribution is 2.20. The standard InChI is InChI=1S/C15H22ClN3O3/c1-10-7-12(16)18-13(17-10)21-9-11-5-6-19(8-11)14(20)22-15(2,3)4/h7,11H,5-6,8-9H2,1-4H3/t11-/m1/s1. The largest absolute Gasteiger partial charge is 0.463 e. The van der Waals surface area contributed by atoms with E-state index in [0.29, 0.717) is 24.8 Å². The van der Waals surface area contributed by atoms with Crippen LogP contribution in [0.3, 0.4) is 0 Å². The van der Waals surface area contributed by atoms with Gasteiger partial charge in [-0.1, -0.05) is 11.6 Å². The van der Waals surface area contributed by atoms with Gasteiger partial charge in [0.05, 0.1) is 6.61 Å². The number of aromatic nitrogens is 2. The minimum Gasteiger partial charge on any atom is -0.463 e. The van der Waals surface area contributed by atoms with E-state index in [-0.39, 0.29) is 18.0 Å². The molecule has 7 heteroatoms. The van der Waals surface area contributed by atoms with E-state index in [4.69, 9.17) is 21.1 Å². The zero-order valence-corrected chi connectivity index (χ0v) is 14.2. The van der Waals surface area contributed by atoms with Gasteiger partial charge in [-0.2, -0.15) is 4.98 Å². The molecular weight excluding hydrogens is 306 g/mol. The third-order valence-electron chi connectivity index (χ3n) is 3.19. The van der Waals surface area contributed by atoms with Crippen LogP contribution in [-0.4, -0.2) is 46.3 Å². The zero-order valence-electron chi connectivity index (χ0n) is 13.4. The van der Waals surface area contributed by atoms with E-state index in [1.165, 1.54) is 0 Å². The molecule has 1 fully saturated rings. The summed E-state index contributed by atoms with van der Waals surface area (Å²) in [6.45, 7) is 9.17. The fourth-order valence-corrected chi connectivity index (χ4v) is 2.45. The molecule has 6 nitrogen and oxygen atoms in total. The molecule has 1 amide bonds. The molecule has 1 aliphatic rings. The van der Waals surface area contributed by atoms with Crippen LogP contribution in [0.1, 0.15) is 32.9 Å². The van der Waals surface area contributed by atoms with Crippen LogP contribution >= 0.6 is 11.6 Å². The van der Waals surface area contributed by atoms with Crippen molar-refractivity contribution < 1.29 is 14.3 Å². The summed E-state index contributed by atoms with van der Waals surface area (Å²) in [6, 6.07) is 1.95. The fraction of sp³-hybridized carbons (Fsp3) is 0.667. The van der Waals surface area contributed by atoms with Crippen LogP contribution in [0.25, 0.3) is 0 Å². The van der Waals surface area contributed by atoms with Crippen molar-refractivity contribution in [3.05, 3.63) is 16.9 Å². The van der Waals surface area contributed by atoms with Crippen LogP contribution in [-0.2, 0) is 4.74 Å². The van der Waals surface area contributed by atoms with Crippen LogP contribution in [0.4, 0.5) is 4.79 Å². The Morgan fingerprint density at radius 1 is 1.45 bits per heavy atom. The van der Waals surface area contributed by atoms with Gasteiger partial charge in [-0.05, 0) is 40.2 Å². The van der Waals surface area contributed by atoms with E-state index in [1.54, 1.807) is 11.0 Å². The number of nitrogens with zero attached hydrogens (tertiary/aromatic N) is 3. The summed E-state index contributed by atoms with van der Waals surface area (Å²) in [5.74, 6) is 0.246. The lowest BCUT2D eigenvalue weighted by Crippen LogP contribution is -2.35. The van der Waals surface area contributed by atoms with Crippen molar-refractivity contribution in [2.45, 2.75) is 39.7 Å². The summed E-state index contributed by atoms with van der Waals surface area (Å²) < 4.78 is 11.0. The van der Waals surface area contributed by atoms with Gasteiger partial charge in [-0.25, -0.2) is 9.78 Å². The quantitative estimate of drug-likeness (QED) is 0.798. The van der Waals surface area contributed by atoms with Crippen LogP contribution < -0.4 is 4.74 Å². The SMILES string of the molecule is Cc1cc(Cl)nc(OC[C@@H]2CCN(C(=O)OC(C)(C)C)C2)n1. The van der Waals surface area contributed by atoms with Crippen LogP contribution in [0.15, 0.2) is 6.07 Å². The molecule has 1 saturated heterocycles. The molecular formula is C15H22ClN3O3. The predicted octanol–water partition coefficient (Wildman–Crippen LogP) is 3.07. The van der Waals surface area contributed by atoms with Gasteiger partial charge >= 0.3 is 12.1 Å². The first-order valence-electron chi connectivity index (χ1n) is 7.35. The molecule has 1 atom stereocenters. The molecule has 1 aliphatic heterocycles. The van der Waals surface area contributed by atoms with Gasteiger partial charge in [0.2, 0.25) is 0 Å². The number of hydrogen-bond acceptors (Lipinski definition) is 5. The van der Waals surface area contributed by atoms with Crippen molar-refractivity contribution >= 4 is 17.7 Å². The van der Waals surface area contributed by atoms with Crippen molar-refractivity contribution in [1.82, 2.24) is 14.9 Å². The number of hydrogen-bond donors (Lipinski definition) is 0. The maximum Gasteiger partial charge on any atom is 0.410 e. The molecule has 0 aliphatic carbocycles. The first-order chi connectivity index (χ1) is 10.2. The average molecular weight is 328 g/mol. The minimum atomic E-state index is -0.474. The van der Waals surface area contributed by atoms with Crippen LogP contribution in [0.2, 0.25) is 5.15 Å². The van der Waals surface area contributed by atoms with Crippen molar-refractivity contribution in [2.24, 2.45) is 5.92 Å². The summed E-state index contributed by atoms with van der Waals surface area (Å²) in [5.41, 5.74) is 0.287. The smallest absolute Gasteiger partial charge is 0.410 e. The molecule has 1 aromatic heterocycles. The average Bonchev–Trinajstić information content (AvgIpc) is 2.82. The monoisotopic (exact) mass is 327 g/mol. The summed E-state index contributed by atoms with van der Waals surface area (Å²) >= 11 is 5.87. The molecule has 22 heavy (non-hydrogen) atoms. The highest BCUT2D eigenvalue weighted by Gasteiger charge is 2.30. The highest BCUT2D eigenvalue weighted by molar-refractivity contribution is 6.29. The Kier molecular flexibility index (Phi) is 5.11. The minimum absolute atomic E-state index is 0.246. The molecule has 2 rings (SSSR count). The molecule has 0 bridgehead atoms. The summed E-state index contributed by atoms with van der Waals surface area (Å²) in [4.78, 5) is 21.9. The number of likely N-dealkylation sites (tertiary alicyclic amines) is 1. The van der Waals surface area contributed by atoms with Crippen LogP contribution in [0.5, 0.6) is 6.01 Å². The number of aryl methyl sites for hydroxylation is 1. The van der Waals surface area contributed by atoms with E-state index in [0.717, 1.165) is 12.1 Å². The number of carbonyl (C=O) groups is 1. The fourth-order valence-electron chi connectivity index (χ4n) is 2.22. The summed E-state index contributed by atoms with van der Waals surface area (Å²) in [7, 11) is 0. The van der Waals surface area contributed by atoms with Crippen molar-refractivity contribution in [2.75, 3.05) is 19.7 Å². The molecule has 0 spiro atoms. The van der Waals surface area contributed by atoms with Gasteiger partial charge in [-0.15, -0.1) is 0 Å². The Hall–Kier alpha value is -1.56. The molecule has 0 saturated carbocycles. The van der Waals surface area contributed by atoms with Gasteiger partial charge < -0.3 is 14.4 Å². The third-order valence-corrected chi connectivity index (χ3v) is 3.38. The Morgan fingerprint density at radius 2 is 2.18 bits per heavy atom. The lowest BCUT2D eigenvalue weighted by molar-refractivity contribution is 0.0284. The Balaban J connectivity index is 1.82. The summed E-state index contributed by atoms with van der Waals surface area (Å²) in [5, 5.41) is 0.365.